The molecule has 0 saturated carbocycles. The van der Waals surface area contributed by atoms with Crippen molar-refractivity contribution >= 4 is 11.9 Å². The molecule has 2 unspecified atom stereocenters. The molecular weight excluding hydrogens is 220 g/mol. The van der Waals surface area contributed by atoms with Crippen LogP contribution < -0.4 is 5.73 Å². The topological polar surface area (TPSA) is 83.6 Å². The van der Waals surface area contributed by atoms with Gasteiger partial charge in [-0.3, -0.25) is 9.59 Å². The monoisotopic (exact) mass is 242 g/mol. The molecule has 0 aromatic carbocycles. The van der Waals surface area contributed by atoms with Crippen LogP contribution in [-0.4, -0.2) is 40.5 Å². The lowest BCUT2D eigenvalue weighted by Gasteiger charge is -2.29. The molecule has 0 aliphatic carbocycles. The Morgan fingerprint density at radius 3 is 2.41 bits per heavy atom. The Hall–Kier alpha value is -1.10. The van der Waals surface area contributed by atoms with Gasteiger partial charge >= 0.3 is 5.97 Å². The first kappa shape index (κ1) is 14.0. The summed E-state index contributed by atoms with van der Waals surface area (Å²) in [6.45, 7) is 6.18. The average Bonchev–Trinajstić information content (AvgIpc) is 2.73. The summed E-state index contributed by atoms with van der Waals surface area (Å²) in [4.78, 5) is 25.0. The van der Waals surface area contributed by atoms with Gasteiger partial charge in [-0.15, -0.1) is 0 Å². The van der Waals surface area contributed by atoms with Crippen LogP contribution in [0.4, 0.5) is 0 Å². The molecule has 1 aliphatic rings. The van der Waals surface area contributed by atoms with Crippen LogP contribution >= 0.6 is 0 Å². The maximum Gasteiger partial charge on any atom is 0.311 e. The van der Waals surface area contributed by atoms with E-state index in [1.165, 1.54) is 0 Å². The van der Waals surface area contributed by atoms with Gasteiger partial charge in [-0.1, -0.05) is 13.8 Å². The van der Waals surface area contributed by atoms with Gasteiger partial charge in [-0.25, -0.2) is 0 Å². The molecule has 5 nitrogen and oxygen atoms in total. The van der Waals surface area contributed by atoms with Crippen LogP contribution in [0, 0.1) is 5.41 Å². The molecule has 1 saturated heterocycles. The number of amides is 1. The summed E-state index contributed by atoms with van der Waals surface area (Å²) in [5.41, 5.74) is 4.24. The second-order valence-electron chi connectivity index (χ2n) is 5.19. The van der Waals surface area contributed by atoms with Gasteiger partial charge in [0.25, 0.3) is 0 Å². The molecule has 1 aliphatic heterocycles. The van der Waals surface area contributed by atoms with Gasteiger partial charge in [0.15, 0.2) is 0 Å². The minimum Gasteiger partial charge on any atom is -0.481 e. The third kappa shape index (κ3) is 2.44. The van der Waals surface area contributed by atoms with Crippen molar-refractivity contribution < 1.29 is 14.7 Å². The zero-order valence-corrected chi connectivity index (χ0v) is 10.8. The summed E-state index contributed by atoms with van der Waals surface area (Å²) in [5.74, 6) is -0.956. The third-order valence-corrected chi connectivity index (χ3v) is 3.99. The summed E-state index contributed by atoms with van der Waals surface area (Å²) in [6.07, 6.45) is 1.61. The van der Waals surface area contributed by atoms with Crippen LogP contribution in [0.2, 0.25) is 0 Å². The average molecular weight is 242 g/mol. The summed E-state index contributed by atoms with van der Waals surface area (Å²) in [5, 5.41) is 9.25. The van der Waals surface area contributed by atoms with Gasteiger partial charge in [0, 0.05) is 13.1 Å². The first-order valence-electron chi connectivity index (χ1n) is 6.11. The summed E-state index contributed by atoms with van der Waals surface area (Å²) >= 11 is 0. The smallest absolute Gasteiger partial charge is 0.311 e. The molecule has 0 aromatic rings. The Bertz CT molecular complexity index is 328. The predicted octanol–water partition coefficient (Wildman–Crippen LogP) is 0.827. The normalized spacial score (nSPS) is 27.9. The Labute approximate surface area is 102 Å². The van der Waals surface area contributed by atoms with Crippen molar-refractivity contribution in [3.8, 4) is 0 Å². The summed E-state index contributed by atoms with van der Waals surface area (Å²) < 4.78 is 0. The number of nitrogens with two attached hydrogens (primary N) is 1. The molecule has 1 heterocycles. The second-order valence-corrected chi connectivity index (χ2v) is 5.19. The molecule has 1 rings (SSSR count). The predicted molar refractivity (Wildman–Crippen MR) is 64.4 cm³/mol. The van der Waals surface area contributed by atoms with Crippen LogP contribution in [0.25, 0.3) is 0 Å². The van der Waals surface area contributed by atoms with Crippen molar-refractivity contribution in [2.45, 2.75) is 45.6 Å². The SMILES string of the molecule is CCC(C)(N)C(=O)N1CCC(CC)(C(=O)O)C1. The highest BCUT2D eigenvalue weighted by Gasteiger charge is 2.46. The fraction of sp³-hybridized carbons (Fsp3) is 0.833. The molecule has 2 atom stereocenters. The van der Waals surface area contributed by atoms with Crippen LogP contribution in [0.1, 0.15) is 40.0 Å². The summed E-state index contributed by atoms with van der Waals surface area (Å²) in [7, 11) is 0. The van der Waals surface area contributed by atoms with Gasteiger partial charge in [0.05, 0.1) is 11.0 Å². The van der Waals surface area contributed by atoms with E-state index in [2.05, 4.69) is 0 Å². The number of carbonyl (C=O) groups is 2. The highest BCUT2D eigenvalue weighted by molar-refractivity contribution is 5.87. The molecule has 17 heavy (non-hydrogen) atoms. The third-order valence-electron chi connectivity index (χ3n) is 3.99. The quantitative estimate of drug-likeness (QED) is 0.764. The second kappa shape index (κ2) is 4.64. The van der Waals surface area contributed by atoms with E-state index in [0.29, 0.717) is 25.8 Å². The molecule has 98 valence electrons. The number of nitrogens with zero attached hydrogens (tertiary/aromatic N) is 1. The van der Waals surface area contributed by atoms with E-state index in [1.807, 2.05) is 13.8 Å². The minimum absolute atomic E-state index is 0.142. The van der Waals surface area contributed by atoms with Crippen LogP contribution in [0.5, 0.6) is 0 Å². The maximum atomic E-state index is 12.1. The fourth-order valence-electron chi connectivity index (χ4n) is 2.17. The Morgan fingerprint density at radius 1 is 1.47 bits per heavy atom. The van der Waals surface area contributed by atoms with Gasteiger partial charge in [-0.05, 0) is 26.2 Å². The van der Waals surface area contributed by atoms with Crippen molar-refractivity contribution in [2.24, 2.45) is 11.1 Å². The van der Waals surface area contributed by atoms with Crippen molar-refractivity contribution in [2.75, 3.05) is 13.1 Å². The van der Waals surface area contributed by atoms with E-state index in [0.717, 1.165) is 0 Å². The number of carboxylic acid groups (broad SMARTS) is 1. The van der Waals surface area contributed by atoms with Crippen LogP contribution in [0.3, 0.4) is 0 Å². The van der Waals surface area contributed by atoms with Gasteiger partial charge in [0.1, 0.15) is 0 Å². The first-order valence-corrected chi connectivity index (χ1v) is 6.11. The molecule has 0 bridgehead atoms. The number of likely N-dealkylation sites (tertiary alicyclic amines) is 1. The summed E-state index contributed by atoms with van der Waals surface area (Å²) in [6, 6.07) is 0. The fourth-order valence-corrected chi connectivity index (χ4v) is 2.17. The highest BCUT2D eigenvalue weighted by atomic mass is 16.4. The lowest BCUT2D eigenvalue weighted by molar-refractivity contribution is -0.149. The van der Waals surface area contributed by atoms with E-state index in [9.17, 15) is 14.7 Å². The zero-order chi connectivity index (χ0) is 13.3. The molecule has 3 N–H and O–H groups in total. The zero-order valence-electron chi connectivity index (χ0n) is 10.8. The highest BCUT2D eigenvalue weighted by Crippen LogP contribution is 2.35. The van der Waals surface area contributed by atoms with E-state index < -0.39 is 16.9 Å². The Morgan fingerprint density at radius 2 is 2.06 bits per heavy atom. The van der Waals surface area contributed by atoms with Gasteiger partial charge in [0.2, 0.25) is 5.91 Å². The minimum atomic E-state index is -0.887. The van der Waals surface area contributed by atoms with Gasteiger partial charge < -0.3 is 15.7 Å². The lowest BCUT2D eigenvalue weighted by Crippen LogP contribution is -2.52. The number of hydrogen-bond acceptors (Lipinski definition) is 3. The number of hydrogen-bond donors (Lipinski definition) is 2. The molecular formula is C12H22N2O3. The molecule has 0 radical (unpaired) electrons. The first-order chi connectivity index (χ1) is 7.79. The molecule has 5 heteroatoms. The number of carboxylic acids is 1. The van der Waals surface area contributed by atoms with E-state index in [1.54, 1.807) is 11.8 Å². The van der Waals surface area contributed by atoms with Crippen molar-refractivity contribution in [3.63, 3.8) is 0 Å². The van der Waals surface area contributed by atoms with Crippen molar-refractivity contribution in [1.29, 1.82) is 0 Å². The van der Waals surface area contributed by atoms with Crippen molar-refractivity contribution in [3.05, 3.63) is 0 Å². The van der Waals surface area contributed by atoms with E-state index in [4.69, 9.17) is 5.73 Å². The number of aliphatic carboxylic acids is 1. The van der Waals surface area contributed by atoms with E-state index >= 15 is 0 Å². The Kier molecular flexibility index (Phi) is 3.81. The number of carbonyl (C=O) groups excluding carboxylic acids is 1. The lowest BCUT2D eigenvalue weighted by atomic mass is 9.84. The van der Waals surface area contributed by atoms with E-state index in [-0.39, 0.29) is 12.5 Å². The van der Waals surface area contributed by atoms with Gasteiger partial charge in [-0.2, -0.15) is 0 Å². The Balaban J connectivity index is 2.80. The van der Waals surface area contributed by atoms with Crippen LogP contribution in [-0.2, 0) is 9.59 Å². The standard InChI is InChI=1S/C12H22N2O3/c1-4-11(3,13)9(15)14-7-6-12(5-2,8-14)10(16)17/h4-8,13H2,1-3H3,(H,16,17). The van der Waals surface area contributed by atoms with Crippen LogP contribution in [0.15, 0.2) is 0 Å². The maximum absolute atomic E-state index is 12.1. The molecule has 1 fully saturated rings. The van der Waals surface area contributed by atoms with Crippen molar-refractivity contribution in [1.82, 2.24) is 4.90 Å². The molecule has 0 spiro atoms. The molecule has 0 aromatic heterocycles. The largest absolute Gasteiger partial charge is 0.481 e. The molecule has 1 amide bonds. The number of rotatable bonds is 4.